The van der Waals surface area contributed by atoms with E-state index in [0.29, 0.717) is 13.1 Å². The fourth-order valence-electron chi connectivity index (χ4n) is 3.59. The summed E-state index contributed by atoms with van der Waals surface area (Å²) in [5, 5.41) is 1.41. The van der Waals surface area contributed by atoms with Crippen molar-refractivity contribution in [3.63, 3.8) is 0 Å². The lowest BCUT2D eigenvalue weighted by atomic mass is 9.92. The van der Waals surface area contributed by atoms with E-state index in [0.717, 1.165) is 12.0 Å². The molecular weight excluding hydrogens is 392 g/mol. The molecule has 148 valence electrons. The van der Waals surface area contributed by atoms with Crippen LogP contribution in [-0.4, -0.2) is 46.6 Å². The third-order valence-corrected chi connectivity index (χ3v) is 6.19. The molecule has 1 aromatic heterocycles. The Labute approximate surface area is 175 Å². The van der Waals surface area contributed by atoms with Crippen molar-refractivity contribution >= 4 is 34.8 Å². The third kappa shape index (κ3) is 4.31. The Morgan fingerprint density at radius 1 is 1.36 bits per heavy atom. The molecule has 2 amide bonds. The van der Waals surface area contributed by atoms with Gasteiger partial charge in [-0.3, -0.25) is 9.59 Å². The van der Waals surface area contributed by atoms with E-state index in [1.807, 2.05) is 4.90 Å². The molecule has 4 nitrogen and oxygen atoms in total. The quantitative estimate of drug-likeness (QED) is 0.523. The second-order valence-electron chi connectivity index (χ2n) is 7.07. The summed E-state index contributed by atoms with van der Waals surface area (Å²) < 4.78 is 0. The number of fused-ring (bicyclic) bond motifs is 1. The number of hydrogen-bond donors (Lipinski definition) is 0. The first kappa shape index (κ1) is 20.6. The number of carbonyl (C=O) groups excluding carboxylic acids is 2. The van der Waals surface area contributed by atoms with Gasteiger partial charge in [-0.25, -0.2) is 0 Å². The first-order chi connectivity index (χ1) is 13.4. The molecule has 2 atom stereocenters. The molecule has 6 heteroatoms. The Bertz CT molecular complexity index is 860. The predicted molar refractivity (Wildman–Crippen MR) is 115 cm³/mol. The van der Waals surface area contributed by atoms with Crippen molar-refractivity contribution in [3.8, 4) is 0 Å². The fourth-order valence-corrected chi connectivity index (χ4v) is 4.63. The van der Waals surface area contributed by atoms with E-state index in [9.17, 15) is 9.59 Å². The van der Waals surface area contributed by atoms with Crippen molar-refractivity contribution in [3.05, 3.63) is 69.9 Å². The van der Waals surface area contributed by atoms with Gasteiger partial charge in [-0.15, -0.1) is 29.5 Å². The average molecular weight is 417 g/mol. The van der Waals surface area contributed by atoms with Crippen molar-refractivity contribution < 1.29 is 9.59 Å². The number of halogens is 1. The number of hydrogen-bond acceptors (Lipinski definition) is 3. The standard InChI is InChI=1S/C22H25ClN2O2S/c1-4-11-24(22(27)16(3)23)14-20(26)25-12-9-19-18(10-13-28-19)21(25)17-7-5-15(2)6-8-17/h4-8,10,13,16,21H,1,9,11-12,14H2,2-3H3/t16-,21+/m0/s1. The van der Waals surface area contributed by atoms with Gasteiger partial charge in [-0.05, 0) is 42.8 Å². The smallest absolute Gasteiger partial charge is 0.243 e. The number of rotatable bonds is 6. The minimum atomic E-state index is -0.675. The molecule has 1 aliphatic rings. The number of nitrogens with zero attached hydrogens (tertiary/aromatic N) is 2. The fraction of sp³-hybridized carbons (Fsp3) is 0.364. The van der Waals surface area contributed by atoms with E-state index < -0.39 is 5.38 Å². The zero-order valence-corrected chi connectivity index (χ0v) is 17.8. The van der Waals surface area contributed by atoms with E-state index in [-0.39, 0.29) is 24.4 Å². The number of carbonyl (C=O) groups is 2. The second kappa shape index (κ2) is 8.93. The molecule has 0 aliphatic carbocycles. The summed E-state index contributed by atoms with van der Waals surface area (Å²) in [6, 6.07) is 10.3. The maximum Gasteiger partial charge on any atom is 0.243 e. The van der Waals surface area contributed by atoms with Crippen molar-refractivity contribution in [1.82, 2.24) is 9.80 Å². The Kier molecular flexibility index (Phi) is 6.57. The minimum Gasteiger partial charge on any atom is -0.330 e. The number of thiophene rings is 1. The average Bonchev–Trinajstić information content (AvgIpc) is 3.15. The summed E-state index contributed by atoms with van der Waals surface area (Å²) in [6.45, 7) is 8.31. The van der Waals surface area contributed by atoms with Gasteiger partial charge in [0.2, 0.25) is 11.8 Å². The maximum absolute atomic E-state index is 13.3. The largest absolute Gasteiger partial charge is 0.330 e. The molecule has 0 saturated carbocycles. The highest BCUT2D eigenvalue weighted by Gasteiger charge is 2.34. The zero-order chi connectivity index (χ0) is 20.3. The molecule has 2 aromatic rings. The minimum absolute atomic E-state index is 0.00372. The lowest BCUT2D eigenvalue weighted by Crippen LogP contribution is -2.48. The van der Waals surface area contributed by atoms with Crippen LogP contribution in [0.1, 0.15) is 34.5 Å². The van der Waals surface area contributed by atoms with Gasteiger partial charge in [-0.1, -0.05) is 35.9 Å². The Morgan fingerprint density at radius 3 is 2.71 bits per heavy atom. The van der Waals surface area contributed by atoms with Crippen LogP contribution >= 0.6 is 22.9 Å². The molecule has 1 aromatic carbocycles. The van der Waals surface area contributed by atoms with Gasteiger partial charge in [0.25, 0.3) is 0 Å². The maximum atomic E-state index is 13.3. The summed E-state index contributed by atoms with van der Waals surface area (Å²) in [5.74, 6) is -0.329. The van der Waals surface area contributed by atoms with Crippen molar-refractivity contribution in [2.75, 3.05) is 19.6 Å². The molecule has 1 aliphatic heterocycles. The number of benzene rings is 1. The van der Waals surface area contributed by atoms with E-state index in [2.05, 4.69) is 49.2 Å². The number of aryl methyl sites for hydroxylation is 1. The Morgan fingerprint density at radius 2 is 2.07 bits per heavy atom. The Balaban J connectivity index is 1.90. The van der Waals surface area contributed by atoms with Crippen LogP contribution in [0.15, 0.2) is 48.4 Å². The highest BCUT2D eigenvalue weighted by Crippen LogP contribution is 2.37. The molecule has 0 bridgehead atoms. The molecule has 0 unspecified atom stereocenters. The van der Waals surface area contributed by atoms with Crippen molar-refractivity contribution in [1.29, 1.82) is 0 Å². The second-order valence-corrected chi connectivity index (χ2v) is 8.73. The highest BCUT2D eigenvalue weighted by atomic mass is 35.5. The molecule has 0 saturated heterocycles. The van der Waals surface area contributed by atoms with Crippen LogP contribution < -0.4 is 0 Å². The monoisotopic (exact) mass is 416 g/mol. The van der Waals surface area contributed by atoms with Crippen molar-refractivity contribution in [2.45, 2.75) is 31.7 Å². The van der Waals surface area contributed by atoms with Crippen LogP contribution in [0.3, 0.4) is 0 Å². The van der Waals surface area contributed by atoms with Gasteiger partial charge >= 0.3 is 0 Å². The molecule has 0 N–H and O–H groups in total. The predicted octanol–water partition coefficient (Wildman–Crippen LogP) is 4.17. The van der Waals surface area contributed by atoms with Crippen LogP contribution in [-0.2, 0) is 16.0 Å². The third-order valence-electron chi connectivity index (χ3n) is 5.01. The van der Waals surface area contributed by atoms with Crippen LogP contribution in [0.4, 0.5) is 0 Å². The van der Waals surface area contributed by atoms with E-state index in [4.69, 9.17) is 11.6 Å². The van der Waals surface area contributed by atoms with Gasteiger partial charge in [-0.2, -0.15) is 0 Å². The van der Waals surface area contributed by atoms with Crippen LogP contribution in [0.2, 0.25) is 0 Å². The van der Waals surface area contributed by atoms with Gasteiger partial charge in [0.15, 0.2) is 0 Å². The van der Waals surface area contributed by atoms with E-state index in [1.165, 1.54) is 20.9 Å². The van der Waals surface area contributed by atoms with Crippen molar-refractivity contribution in [2.24, 2.45) is 0 Å². The lowest BCUT2D eigenvalue weighted by molar-refractivity contribution is -0.141. The molecule has 2 heterocycles. The summed E-state index contributed by atoms with van der Waals surface area (Å²) in [5.41, 5.74) is 3.45. The van der Waals surface area contributed by atoms with Gasteiger partial charge in [0.05, 0.1) is 6.04 Å². The van der Waals surface area contributed by atoms with Crippen LogP contribution in [0, 0.1) is 6.92 Å². The van der Waals surface area contributed by atoms with E-state index >= 15 is 0 Å². The molecular formula is C22H25ClN2O2S. The first-order valence-corrected chi connectivity index (χ1v) is 10.7. The van der Waals surface area contributed by atoms with Gasteiger partial charge < -0.3 is 9.80 Å². The zero-order valence-electron chi connectivity index (χ0n) is 16.2. The number of alkyl halides is 1. The number of amides is 2. The molecule has 0 spiro atoms. The summed E-state index contributed by atoms with van der Waals surface area (Å²) >= 11 is 7.71. The molecule has 3 rings (SSSR count). The van der Waals surface area contributed by atoms with E-state index in [1.54, 1.807) is 24.3 Å². The molecule has 28 heavy (non-hydrogen) atoms. The van der Waals surface area contributed by atoms with Gasteiger partial charge in [0, 0.05) is 18.0 Å². The SMILES string of the molecule is C=CCN(CC(=O)N1CCc2sccc2[C@H]1c1ccc(C)cc1)C(=O)[C@H](C)Cl. The topological polar surface area (TPSA) is 40.6 Å². The summed E-state index contributed by atoms with van der Waals surface area (Å²) in [4.78, 5) is 30.3. The molecule has 0 radical (unpaired) electrons. The highest BCUT2D eigenvalue weighted by molar-refractivity contribution is 7.10. The summed E-state index contributed by atoms with van der Waals surface area (Å²) in [7, 11) is 0. The van der Waals surface area contributed by atoms with Crippen LogP contribution in [0.5, 0.6) is 0 Å². The molecule has 0 fully saturated rings. The normalized spacial score (nSPS) is 17.0. The summed E-state index contributed by atoms with van der Waals surface area (Å²) in [6.07, 6.45) is 2.46. The van der Waals surface area contributed by atoms with Gasteiger partial charge in [0.1, 0.15) is 11.9 Å². The van der Waals surface area contributed by atoms with Crippen LogP contribution in [0.25, 0.3) is 0 Å². The Hall–Kier alpha value is -2.11. The lowest BCUT2D eigenvalue weighted by Gasteiger charge is -2.37. The first-order valence-electron chi connectivity index (χ1n) is 9.38.